The normalized spacial score (nSPS) is 10.7. The molecule has 10 heavy (non-hydrogen) atoms. The van der Waals surface area contributed by atoms with Crippen molar-refractivity contribution in [2.75, 3.05) is 6.26 Å². The van der Waals surface area contributed by atoms with Crippen LogP contribution in [0.5, 0.6) is 0 Å². The lowest BCUT2D eigenvalue weighted by Gasteiger charge is -2.05. The molecule has 0 atom stereocenters. The molecular formula is C3H9N5S2. The SMILES string of the molecule is CS/C(=N/N)NNC(N)=S. The Bertz CT molecular complexity index is 144. The number of amidine groups is 1. The number of thiocarbonyl (C=S) groups is 1. The molecule has 0 unspecified atom stereocenters. The monoisotopic (exact) mass is 179 g/mol. The lowest BCUT2D eigenvalue weighted by atomic mass is 11.1. The highest BCUT2D eigenvalue weighted by atomic mass is 32.2. The summed E-state index contributed by atoms with van der Waals surface area (Å²) in [5, 5.41) is 4.04. The zero-order valence-electron chi connectivity index (χ0n) is 5.42. The lowest BCUT2D eigenvalue weighted by Crippen LogP contribution is -2.43. The number of nitrogens with two attached hydrogens (primary N) is 2. The van der Waals surface area contributed by atoms with Crippen LogP contribution in [0.15, 0.2) is 5.10 Å². The fourth-order valence-corrected chi connectivity index (χ4v) is 0.561. The van der Waals surface area contributed by atoms with E-state index < -0.39 is 0 Å². The zero-order chi connectivity index (χ0) is 7.98. The molecule has 0 saturated heterocycles. The average molecular weight is 179 g/mol. The molecule has 0 aromatic rings. The number of rotatable bonds is 0. The lowest BCUT2D eigenvalue weighted by molar-refractivity contribution is 0.875. The Balaban J connectivity index is 3.56. The van der Waals surface area contributed by atoms with Gasteiger partial charge in [0.05, 0.1) is 0 Å². The molecule has 0 aromatic carbocycles. The van der Waals surface area contributed by atoms with Crippen molar-refractivity contribution in [2.24, 2.45) is 16.7 Å². The van der Waals surface area contributed by atoms with Crippen molar-refractivity contribution in [3.63, 3.8) is 0 Å². The first-order chi connectivity index (χ1) is 4.70. The van der Waals surface area contributed by atoms with Crippen molar-refractivity contribution in [2.45, 2.75) is 0 Å². The molecule has 0 amide bonds. The standard InChI is InChI=1S/C3H9N5S2/c1-10-3(6-5)8-7-2(4)9/h5H2,1H3,(H,6,8)(H3,4,7,9). The quantitative estimate of drug-likeness (QED) is 0.124. The average Bonchev–Trinajstić information content (AvgIpc) is 1.90. The van der Waals surface area contributed by atoms with Crippen molar-refractivity contribution >= 4 is 34.3 Å². The van der Waals surface area contributed by atoms with Crippen LogP contribution < -0.4 is 22.4 Å². The molecule has 0 radical (unpaired) electrons. The van der Waals surface area contributed by atoms with Gasteiger partial charge in [0.2, 0.25) is 0 Å². The van der Waals surface area contributed by atoms with E-state index in [2.05, 4.69) is 28.2 Å². The Hall–Kier alpha value is -0.690. The predicted molar refractivity (Wildman–Crippen MR) is 48.2 cm³/mol. The van der Waals surface area contributed by atoms with E-state index >= 15 is 0 Å². The van der Waals surface area contributed by atoms with Crippen LogP contribution in [0.4, 0.5) is 0 Å². The minimum absolute atomic E-state index is 0.148. The molecule has 0 aliphatic heterocycles. The molecule has 0 saturated carbocycles. The van der Waals surface area contributed by atoms with Crippen LogP contribution in [0, 0.1) is 0 Å². The molecule has 0 bridgehead atoms. The summed E-state index contributed by atoms with van der Waals surface area (Å²) in [6.45, 7) is 0. The number of nitrogens with one attached hydrogen (secondary N) is 2. The molecule has 5 nitrogen and oxygen atoms in total. The summed E-state index contributed by atoms with van der Waals surface area (Å²) in [5.41, 5.74) is 10.2. The highest BCUT2D eigenvalue weighted by Gasteiger charge is 1.92. The van der Waals surface area contributed by atoms with Gasteiger partial charge in [0.1, 0.15) is 0 Å². The van der Waals surface area contributed by atoms with Gasteiger partial charge in [-0.3, -0.25) is 10.9 Å². The third-order valence-corrected chi connectivity index (χ3v) is 1.30. The summed E-state index contributed by atoms with van der Waals surface area (Å²) in [4.78, 5) is 0. The van der Waals surface area contributed by atoms with E-state index in [4.69, 9.17) is 11.6 Å². The summed E-state index contributed by atoms with van der Waals surface area (Å²) in [7, 11) is 0. The minimum Gasteiger partial charge on any atom is -0.375 e. The number of nitrogens with zero attached hydrogens (tertiary/aromatic N) is 1. The van der Waals surface area contributed by atoms with Crippen molar-refractivity contribution < 1.29 is 0 Å². The smallest absolute Gasteiger partial charge is 0.198 e. The number of hydrazine groups is 1. The van der Waals surface area contributed by atoms with Gasteiger partial charge in [-0.1, -0.05) is 11.8 Å². The topological polar surface area (TPSA) is 88.5 Å². The Labute approximate surface area is 68.6 Å². The van der Waals surface area contributed by atoms with Gasteiger partial charge in [-0.25, -0.2) is 0 Å². The van der Waals surface area contributed by atoms with Crippen molar-refractivity contribution in [3.8, 4) is 0 Å². The molecule has 0 aromatic heterocycles. The van der Waals surface area contributed by atoms with Crippen LogP contribution in [-0.4, -0.2) is 16.5 Å². The number of hydrogen-bond acceptors (Lipinski definition) is 4. The Morgan fingerprint density at radius 2 is 2.20 bits per heavy atom. The van der Waals surface area contributed by atoms with E-state index in [9.17, 15) is 0 Å². The Morgan fingerprint density at radius 1 is 1.60 bits per heavy atom. The largest absolute Gasteiger partial charge is 0.375 e. The molecule has 0 aliphatic carbocycles. The summed E-state index contributed by atoms with van der Waals surface area (Å²) in [5.74, 6) is 4.95. The summed E-state index contributed by atoms with van der Waals surface area (Å²) in [6.07, 6.45) is 1.82. The summed E-state index contributed by atoms with van der Waals surface area (Å²) < 4.78 is 0. The van der Waals surface area contributed by atoms with E-state index in [-0.39, 0.29) is 5.11 Å². The number of hydrogen-bond donors (Lipinski definition) is 4. The van der Waals surface area contributed by atoms with Gasteiger partial charge in [0.15, 0.2) is 10.3 Å². The Morgan fingerprint density at radius 3 is 2.50 bits per heavy atom. The van der Waals surface area contributed by atoms with E-state index in [0.29, 0.717) is 5.17 Å². The van der Waals surface area contributed by atoms with Crippen LogP contribution in [0.2, 0.25) is 0 Å². The fourth-order valence-electron chi connectivity index (χ4n) is 0.251. The zero-order valence-corrected chi connectivity index (χ0v) is 7.05. The van der Waals surface area contributed by atoms with Crippen LogP contribution in [0.3, 0.4) is 0 Å². The van der Waals surface area contributed by atoms with E-state index in [0.717, 1.165) is 0 Å². The molecular weight excluding hydrogens is 170 g/mol. The third kappa shape index (κ3) is 4.21. The second-order valence-corrected chi connectivity index (χ2v) is 2.49. The third-order valence-electron chi connectivity index (χ3n) is 0.603. The van der Waals surface area contributed by atoms with Gasteiger partial charge in [-0.05, 0) is 18.5 Å². The second kappa shape index (κ2) is 5.12. The molecule has 58 valence electrons. The van der Waals surface area contributed by atoms with Gasteiger partial charge in [-0.2, -0.15) is 5.10 Å². The number of thioether (sulfide) groups is 1. The number of hydrazone groups is 1. The van der Waals surface area contributed by atoms with Gasteiger partial charge in [0, 0.05) is 0 Å². The first-order valence-corrected chi connectivity index (χ1v) is 3.97. The highest BCUT2D eigenvalue weighted by molar-refractivity contribution is 8.13. The molecule has 0 heterocycles. The summed E-state index contributed by atoms with van der Waals surface area (Å²) in [6, 6.07) is 0. The van der Waals surface area contributed by atoms with Crippen molar-refractivity contribution in [3.05, 3.63) is 0 Å². The maximum Gasteiger partial charge on any atom is 0.198 e. The summed E-state index contributed by atoms with van der Waals surface area (Å²) >= 11 is 5.86. The molecule has 7 heteroatoms. The van der Waals surface area contributed by atoms with Gasteiger partial charge in [0.25, 0.3) is 0 Å². The second-order valence-electron chi connectivity index (χ2n) is 1.25. The molecule has 0 aliphatic rings. The van der Waals surface area contributed by atoms with E-state index in [1.54, 1.807) is 0 Å². The van der Waals surface area contributed by atoms with E-state index in [1.165, 1.54) is 11.8 Å². The first kappa shape index (κ1) is 9.31. The minimum atomic E-state index is 0.148. The van der Waals surface area contributed by atoms with Gasteiger partial charge < -0.3 is 11.6 Å². The van der Waals surface area contributed by atoms with Gasteiger partial charge in [-0.15, -0.1) is 0 Å². The van der Waals surface area contributed by atoms with E-state index in [1.807, 2.05) is 6.26 Å². The molecule has 6 N–H and O–H groups in total. The highest BCUT2D eigenvalue weighted by Crippen LogP contribution is 1.89. The van der Waals surface area contributed by atoms with Crippen molar-refractivity contribution in [1.29, 1.82) is 0 Å². The molecule has 0 fully saturated rings. The molecule has 0 rings (SSSR count). The van der Waals surface area contributed by atoms with Crippen LogP contribution in [0.1, 0.15) is 0 Å². The predicted octanol–water partition coefficient (Wildman–Crippen LogP) is -1.08. The van der Waals surface area contributed by atoms with Crippen LogP contribution >= 0.6 is 24.0 Å². The maximum absolute atomic E-state index is 5.10. The van der Waals surface area contributed by atoms with Crippen LogP contribution in [0.25, 0.3) is 0 Å². The maximum atomic E-state index is 5.10. The van der Waals surface area contributed by atoms with Crippen molar-refractivity contribution in [1.82, 2.24) is 10.9 Å². The van der Waals surface area contributed by atoms with Crippen LogP contribution in [-0.2, 0) is 0 Å². The Kier molecular flexibility index (Phi) is 4.77. The van der Waals surface area contributed by atoms with Gasteiger partial charge >= 0.3 is 0 Å². The fraction of sp³-hybridized carbons (Fsp3) is 0.333. The molecule has 0 spiro atoms. The first-order valence-electron chi connectivity index (χ1n) is 2.34.